The maximum absolute atomic E-state index is 12.3. The van der Waals surface area contributed by atoms with Gasteiger partial charge in [-0.05, 0) is 57.5 Å². The summed E-state index contributed by atoms with van der Waals surface area (Å²) >= 11 is 0. The van der Waals surface area contributed by atoms with Gasteiger partial charge in [-0.1, -0.05) is 6.07 Å². The number of carbonyl (C=O) groups is 1. The number of nitrogens with zero attached hydrogens (tertiary/aromatic N) is 1. The van der Waals surface area contributed by atoms with Crippen LogP contribution >= 0.6 is 0 Å². The zero-order valence-electron chi connectivity index (χ0n) is 12.3. The lowest BCUT2D eigenvalue weighted by Crippen LogP contribution is -2.41. The highest BCUT2D eigenvalue weighted by molar-refractivity contribution is 5.99. The van der Waals surface area contributed by atoms with Crippen LogP contribution in [0.3, 0.4) is 0 Å². The first-order chi connectivity index (χ1) is 9.60. The van der Waals surface area contributed by atoms with Crippen molar-refractivity contribution >= 4 is 11.6 Å². The minimum atomic E-state index is -0.0790. The maximum atomic E-state index is 12.3. The van der Waals surface area contributed by atoms with Crippen LogP contribution in [0.15, 0.2) is 18.2 Å². The Kier molecular flexibility index (Phi) is 4.98. The zero-order chi connectivity index (χ0) is 14.5. The van der Waals surface area contributed by atoms with Gasteiger partial charge < -0.3 is 15.6 Å². The van der Waals surface area contributed by atoms with Gasteiger partial charge in [-0.15, -0.1) is 0 Å². The molecule has 1 aliphatic heterocycles. The molecule has 1 aliphatic rings. The lowest BCUT2D eigenvalue weighted by Gasteiger charge is -2.21. The van der Waals surface area contributed by atoms with Crippen LogP contribution in [-0.2, 0) is 0 Å². The Morgan fingerprint density at radius 2 is 2.10 bits per heavy atom. The lowest BCUT2D eigenvalue weighted by molar-refractivity contribution is 0.0932. The summed E-state index contributed by atoms with van der Waals surface area (Å²) in [6, 6.07) is 5.73. The third-order valence-corrected chi connectivity index (χ3v) is 3.68. The number of carbonyl (C=O) groups excluding carboxylic acids is 1. The number of benzene rings is 1. The van der Waals surface area contributed by atoms with E-state index in [2.05, 4.69) is 15.6 Å². The van der Waals surface area contributed by atoms with E-state index in [-0.39, 0.29) is 11.9 Å². The van der Waals surface area contributed by atoms with Crippen molar-refractivity contribution < 1.29 is 4.79 Å². The Balaban J connectivity index is 1.96. The maximum Gasteiger partial charge on any atom is 0.253 e. The van der Waals surface area contributed by atoms with E-state index in [1.54, 1.807) is 0 Å². The number of hydrogen-bond donors (Lipinski definition) is 3. The lowest BCUT2D eigenvalue weighted by atomic mass is 10.1. The molecular formula is C15H24N4O. The molecule has 110 valence electrons. The number of rotatable bonds is 5. The molecule has 0 aromatic heterocycles. The molecule has 1 amide bonds. The SMILES string of the molecule is Cc1ccc(C(=O)NC(C)CN2CCCC2)c(NN)c1. The number of hydrogen-bond acceptors (Lipinski definition) is 4. The standard InChI is InChI=1S/C15H24N4O/c1-11-5-6-13(14(9-11)18-16)15(20)17-12(2)10-19-7-3-4-8-19/h5-6,9,12,18H,3-4,7-8,10,16H2,1-2H3,(H,17,20). The van der Waals surface area contributed by atoms with E-state index in [9.17, 15) is 4.79 Å². The normalized spacial score (nSPS) is 16.9. The molecule has 1 atom stereocenters. The fourth-order valence-corrected chi connectivity index (χ4v) is 2.68. The van der Waals surface area contributed by atoms with Crippen LogP contribution in [-0.4, -0.2) is 36.5 Å². The Morgan fingerprint density at radius 1 is 1.40 bits per heavy atom. The summed E-state index contributed by atoms with van der Waals surface area (Å²) in [5.41, 5.74) is 4.91. The first-order valence-electron chi connectivity index (χ1n) is 7.20. The highest BCUT2D eigenvalue weighted by Crippen LogP contribution is 2.16. The number of likely N-dealkylation sites (tertiary alicyclic amines) is 1. The van der Waals surface area contributed by atoms with Crippen molar-refractivity contribution in [3.8, 4) is 0 Å². The molecule has 5 nitrogen and oxygen atoms in total. The fraction of sp³-hybridized carbons (Fsp3) is 0.533. The summed E-state index contributed by atoms with van der Waals surface area (Å²) < 4.78 is 0. The van der Waals surface area contributed by atoms with E-state index in [0.29, 0.717) is 11.3 Å². The zero-order valence-corrected chi connectivity index (χ0v) is 12.3. The van der Waals surface area contributed by atoms with Gasteiger partial charge in [-0.2, -0.15) is 0 Å². The van der Waals surface area contributed by atoms with Gasteiger partial charge in [-0.25, -0.2) is 0 Å². The summed E-state index contributed by atoms with van der Waals surface area (Å²) in [5, 5.41) is 3.04. The summed E-state index contributed by atoms with van der Waals surface area (Å²) in [6.07, 6.45) is 2.53. The van der Waals surface area contributed by atoms with Gasteiger partial charge in [0, 0.05) is 12.6 Å². The summed E-state index contributed by atoms with van der Waals surface area (Å²) in [7, 11) is 0. The van der Waals surface area contributed by atoms with E-state index in [0.717, 1.165) is 25.2 Å². The molecule has 1 unspecified atom stereocenters. The smallest absolute Gasteiger partial charge is 0.253 e. The molecule has 4 N–H and O–H groups in total. The summed E-state index contributed by atoms with van der Waals surface area (Å²) in [5.74, 6) is 5.40. The van der Waals surface area contributed by atoms with Crippen LogP contribution in [0.25, 0.3) is 0 Å². The van der Waals surface area contributed by atoms with E-state index in [4.69, 9.17) is 5.84 Å². The van der Waals surface area contributed by atoms with E-state index in [1.165, 1.54) is 12.8 Å². The number of amides is 1. The molecule has 20 heavy (non-hydrogen) atoms. The fourth-order valence-electron chi connectivity index (χ4n) is 2.68. The molecular weight excluding hydrogens is 252 g/mol. The Morgan fingerprint density at radius 3 is 2.75 bits per heavy atom. The van der Waals surface area contributed by atoms with Gasteiger partial charge in [0.05, 0.1) is 11.3 Å². The van der Waals surface area contributed by atoms with Crippen molar-refractivity contribution in [2.75, 3.05) is 25.1 Å². The predicted octanol–water partition coefficient (Wildman–Crippen LogP) is 1.49. The third kappa shape index (κ3) is 3.71. The molecule has 1 saturated heterocycles. The summed E-state index contributed by atoms with van der Waals surface area (Å²) in [4.78, 5) is 14.7. The van der Waals surface area contributed by atoms with Crippen LogP contribution < -0.4 is 16.6 Å². The Hall–Kier alpha value is -1.59. The predicted molar refractivity (Wildman–Crippen MR) is 81.6 cm³/mol. The number of nitrogens with two attached hydrogens (primary N) is 1. The Bertz CT molecular complexity index is 469. The Labute approximate surface area is 120 Å². The van der Waals surface area contributed by atoms with Crippen molar-refractivity contribution in [3.05, 3.63) is 29.3 Å². The number of nitrogens with one attached hydrogen (secondary N) is 2. The van der Waals surface area contributed by atoms with Gasteiger partial charge in [0.1, 0.15) is 0 Å². The molecule has 5 heteroatoms. The number of hydrazine groups is 1. The highest BCUT2D eigenvalue weighted by Gasteiger charge is 2.18. The van der Waals surface area contributed by atoms with E-state index in [1.807, 2.05) is 32.0 Å². The van der Waals surface area contributed by atoms with Crippen LogP contribution in [0, 0.1) is 6.92 Å². The van der Waals surface area contributed by atoms with Gasteiger partial charge in [0.25, 0.3) is 5.91 Å². The molecule has 1 heterocycles. The van der Waals surface area contributed by atoms with Crippen molar-refractivity contribution in [2.45, 2.75) is 32.7 Å². The minimum Gasteiger partial charge on any atom is -0.348 e. The molecule has 0 radical (unpaired) electrons. The first kappa shape index (κ1) is 14.8. The van der Waals surface area contributed by atoms with Gasteiger partial charge in [0.15, 0.2) is 0 Å². The molecule has 0 bridgehead atoms. The minimum absolute atomic E-state index is 0.0790. The van der Waals surface area contributed by atoms with Gasteiger partial charge in [-0.3, -0.25) is 10.6 Å². The number of anilines is 1. The molecule has 0 spiro atoms. The van der Waals surface area contributed by atoms with Crippen LogP contribution in [0.5, 0.6) is 0 Å². The van der Waals surface area contributed by atoms with Gasteiger partial charge >= 0.3 is 0 Å². The second kappa shape index (κ2) is 6.72. The molecule has 0 saturated carbocycles. The molecule has 0 aliphatic carbocycles. The number of nitrogen functional groups attached to an aromatic ring is 1. The second-order valence-corrected chi connectivity index (χ2v) is 5.58. The van der Waals surface area contributed by atoms with E-state index < -0.39 is 0 Å². The average Bonchev–Trinajstić information content (AvgIpc) is 2.90. The van der Waals surface area contributed by atoms with Crippen molar-refractivity contribution in [3.63, 3.8) is 0 Å². The molecule has 1 aromatic rings. The largest absolute Gasteiger partial charge is 0.348 e. The highest BCUT2D eigenvalue weighted by atomic mass is 16.1. The summed E-state index contributed by atoms with van der Waals surface area (Å²) in [6.45, 7) is 7.20. The van der Waals surface area contributed by atoms with Crippen molar-refractivity contribution in [1.82, 2.24) is 10.2 Å². The van der Waals surface area contributed by atoms with E-state index >= 15 is 0 Å². The second-order valence-electron chi connectivity index (χ2n) is 5.58. The van der Waals surface area contributed by atoms with Crippen molar-refractivity contribution in [1.29, 1.82) is 0 Å². The molecule has 2 rings (SSSR count). The topological polar surface area (TPSA) is 70.4 Å². The molecule has 1 fully saturated rings. The first-order valence-corrected chi connectivity index (χ1v) is 7.20. The average molecular weight is 276 g/mol. The third-order valence-electron chi connectivity index (χ3n) is 3.68. The number of aryl methyl sites for hydroxylation is 1. The van der Waals surface area contributed by atoms with Crippen LogP contribution in [0.4, 0.5) is 5.69 Å². The van der Waals surface area contributed by atoms with Crippen LogP contribution in [0.2, 0.25) is 0 Å². The quantitative estimate of drug-likeness (QED) is 0.563. The van der Waals surface area contributed by atoms with Crippen LogP contribution in [0.1, 0.15) is 35.7 Å². The molecule has 1 aromatic carbocycles. The van der Waals surface area contributed by atoms with Gasteiger partial charge in [0.2, 0.25) is 0 Å². The van der Waals surface area contributed by atoms with Crippen molar-refractivity contribution in [2.24, 2.45) is 5.84 Å². The monoisotopic (exact) mass is 276 g/mol.